The fourth-order valence-corrected chi connectivity index (χ4v) is 1.47. The maximum absolute atomic E-state index is 3.45. The summed E-state index contributed by atoms with van der Waals surface area (Å²) in [5.41, 5.74) is 0.416. The lowest BCUT2D eigenvalue weighted by molar-refractivity contribution is 0.448. The first kappa shape index (κ1) is 9.25. The van der Waals surface area contributed by atoms with Crippen molar-refractivity contribution < 1.29 is 0 Å². The Hall–Kier alpha value is 0.250. The molecule has 1 N–H and O–H groups in total. The van der Waals surface area contributed by atoms with Gasteiger partial charge in [0.1, 0.15) is 0 Å². The van der Waals surface area contributed by atoms with E-state index in [1.165, 1.54) is 13.0 Å². The van der Waals surface area contributed by atoms with Crippen molar-refractivity contribution in [2.24, 2.45) is 5.92 Å². The highest BCUT2D eigenvalue weighted by molar-refractivity contribution is 5.85. The van der Waals surface area contributed by atoms with Crippen LogP contribution in [0, 0.1) is 5.92 Å². The Morgan fingerprint density at radius 1 is 1.44 bits per heavy atom. The molecule has 0 aromatic heterocycles. The number of rotatable bonds is 0. The summed E-state index contributed by atoms with van der Waals surface area (Å²) in [6, 6.07) is 0. The maximum Gasteiger partial charge on any atom is 0.0128 e. The molecule has 1 heterocycles. The molecule has 0 aromatic rings. The zero-order valence-electron chi connectivity index (χ0n) is 6.40. The lowest BCUT2D eigenvalue weighted by Gasteiger charge is -2.16. The Balaban J connectivity index is 0.000000640. The average molecular weight is 150 g/mol. The first-order valence-corrected chi connectivity index (χ1v) is 3.35. The molecule has 1 aliphatic heterocycles. The predicted molar refractivity (Wildman–Crippen MR) is 43.1 cm³/mol. The summed E-state index contributed by atoms with van der Waals surface area (Å²) >= 11 is 0. The lowest BCUT2D eigenvalue weighted by Crippen LogP contribution is -2.31. The molecule has 1 saturated heterocycles. The predicted octanol–water partition coefficient (Wildman–Crippen LogP) is 1.82. The third-order valence-electron chi connectivity index (χ3n) is 1.79. The summed E-state index contributed by atoms with van der Waals surface area (Å²) in [5, 5.41) is 3.45. The minimum Gasteiger partial charge on any atom is -0.312 e. The van der Waals surface area contributed by atoms with Gasteiger partial charge in [-0.05, 0) is 32.7 Å². The number of hydrogen-bond donors (Lipinski definition) is 1. The van der Waals surface area contributed by atoms with Gasteiger partial charge in [0.2, 0.25) is 0 Å². The second-order valence-corrected chi connectivity index (χ2v) is 3.57. The summed E-state index contributed by atoms with van der Waals surface area (Å²) in [6.07, 6.45) is 1.33. The summed E-state index contributed by atoms with van der Waals surface area (Å²) in [5.74, 6) is 0.880. The minimum atomic E-state index is 0. The van der Waals surface area contributed by atoms with Crippen LogP contribution in [0.15, 0.2) is 0 Å². The van der Waals surface area contributed by atoms with E-state index in [0.717, 1.165) is 5.92 Å². The van der Waals surface area contributed by atoms with E-state index in [1.807, 2.05) is 0 Å². The van der Waals surface area contributed by atoms with Crippen LogP contribution in [0.5, 0.6) is 0 Å². The average Bonchev–Trinajstić information content (AvgIpc) is 1.82. The van der Waals surface area contributed by atoms with Gasteiger partial charge in [0.25, 0.3) is 0 Å². The largest absolute Gasteiger partial charge is 0.312 e. The van der Waals surface area contributed by atoms with Crippen molar-refractivity contribution in [2.45, 2.75) is 32.7 Å². The van der Waals surface area contributed by atoms with E-state index in [0.29, 0.717) is 5.54 Å². The Morgan fingerprint density at radius 3 is 2.11 bits per heavy atom. The highest BCUT2D eigenvalue weighted by Gasteiger charge is 2.26. The van der Waals surface area contributed by atoms with Gasteiger partial charge in [-0.25, -0.2) is 0 Å². The van der Waals surface area contributed by atoms with Gasteiger partial charge in [-0.1, -0.05) is 6.92 Å². The van der Waals surface area contributed by atoms with Gasteiger partial charge in [0.15, 0.2) is 0 Å². The molecule has 1 nitrogen and oxygen atoms in total. The van der Waals surface area contributed by atoms with Crippen molar-refractivity contribution in [3.63, 3.8) is 0 Å². The van der Waals surface area contributed by atoms with E-state index in [2.05, 4.69) is 26.1 Å². The topological polar surface area (TPSA) is 12.0 Å². The van der Waals surface area contributed by atoms with Crippen LogP contribution in [0.1, 0.15) is 27.2 Å². The van der Waals surface area contributed by atoms with Crippen molar-refractivity contribution in [1.82, 2.24) is 5.32 Å². The summed E-state index contributed by atoms with van der Waals surface area (Å²) in [6.45, 7) is 8.02. The molecular weight excluding hydrogens is 134 g/mol. The molecule has 0 amide bonds. The van der Waals surface area contributed by atoms with Crippen LogP contribution < -0.4 is 5.32 Å². The molecule has 56 valence electrons. The highest BCUT2D eigenvalue weighted by Crippen LogP contribution is 2.21. The van der Waals surface area contributed by atoms with Crippen LogP contribution in [-0.2, 0) is 0 Å². The molecule has 0 aromatic carbocycles. The van der Waals surface area contributed by atoms with Crippen molar-refractivity contribution in [3.05, 3.63) is 0 Å². The summed E-state index contributed by atoms with van der Waals surface area (Å²) < 4.78 is 0. The molecule has 1 rings (SSSR count). The van der Waals surface area contributed by atoms with Gasteiger partial charge in [0, 0.05) is 5.54 Å². The highest BCUT2D eigenvalue weighted by atomic mass is 35.5. The number of halogens is 1. The molecule has 0 bridgehead atoms. The molecule has 0 saturated carbocycles. The van der Waals surface area contributed by atoms with E-state index < -0.39 is 0 Å². The molecule has 0 aliphatic carbocycles. The molecule has 1 atom stereocenters. The van der Waals surface area contributed by atoms with Crippen molar-refractivity contribution in [3.8, 4) is 0 Å². The van der Waals surface area contributed by atoms with Crippen LogP contribution >= 0.6 is 12.4 Å². The van der Waals surface area contributed by atoms with Crippen molar-refractivity contribution in [2.75, 3.05) is 6.54 Å². The molecule has 0 spiro atoms. The van der Waals surface area contributed by atoms with Crippen LogP contribution in [0.25, 0.3) is 0 Å². The Morgan fingerprint density at radius 2 is 2.00 bits per heavy atom. The first-order chi connectivity index (χ1) is 3.60. The Kier molecular flexibility index (Phi) is 2.97. The Labute approximate surface area is 63.6 Å². The molecular formula is C7H16ClN. The zero-order chi connectivity index (χ0) is 6.20. The minimum absolute atomic E-state index is 0. The lowest BCUT2D eigenvalue weighted by atomic mass is 9.99. The summed E-state index contributed by atoms with van der Waals surface area (Å²) in [7, 11) is 0. The zero-order valence-corrected chi connectivity index (χ0v) is 7.22. The van der Waals surface area contributed by atoms with Gasteiger partial charge >= 0.3 is 0 Å². The van der Waals surface area contributed by atoms with Crippen LogP contribution in [0.3, 0.4) is 0 Å². The van der Waals surface area contributed by atoms with Gasteiger partial charge in [-0.2, -0.15) is 0 Å². The number of hydrogen-bond acceptors (Lipinski definition) is 1. The molecule has 2 heteroatoms. The van der Waals surface area contributed by atoms with E-state index in [1.54, 1.807) is 0 Å². The van der Waals surface area contributed by atoms with Gasteiger partial charge in [-0.15, -0.1) is 12.4 Å². The molecule has 9 heavy (non-hydrogen) atoms. The molecule has 1 aliphatic rings. The fraction of sp³-hybridized carbons (Fsp3) is 1.00. The van der Waals surface area contributed by atoms with E-state index in [4.69, 9.17) is 0 Å². The number of nitrogens with one attached hydrogen (secondary N) is 1. The monoisotopic (exact) mass is 149 g/mol. The second-order valence-electron chi connectivity index (χ2n) is 3.57. The van der Waals surface area contributed by atoms with Crippen LogP contribution in [-0.4, -0.2) is 12.1 Å². The van der Waals surface area contributed by atoms with Gasteiger partial charge < -0.3 is 5.32 Å². The van der Waals surface area contributed by atoms with Crippen molar-refractivity contribution >= 4 is 12.4 Å². The quantitative estimate of drug-likeness (QED) is 0.554. The van der Waals surface area contributed by atoms with E-state index in [-0.39, 0.29) is 12.4 Å². The molecule has 0 radical (unpaired) electrons. The van der Waals surface area contributed by atoms with Crippen LogP contribution in [0.4, 0.5) is 0 Å². The Bertz CT molecular complexity index is 90.9. The second kappa shape index (κ2) is 2.89. The third kappa shape index (κ3) is 2.55. The SMILES string of the molecule is C[C@H]1CNC(C)(C)C1.Cl. The third-order valence-corrected chi connectivity index (χ3v) is 1.79. The van der Waals surface area contributed by atoms with Gasteiger partial charge in [-0.3, -0.25) is 0 Å². The van der Waals surface area contributed by atoms with Crippen LogP contribution in [0.2, 0.25) is 0 Å². The summed E-state index contributed by atoms with van der Waals surface area (Å²) in [4.78, 5) is 0. The van der Waals surface area contributed by atoms with E-state index >= 15 is 0 Å². The smallest absolute Gasteiger partial charge is 0.0128 e. The normalized spacial score (nSPS) is 31.7. The standard InChI is InChI=1S/C7H15N.ClH/c1-6-4-7(2,3)8-5-6;/h6,8H,4-5H2,1-3H3;1H/t6-;/m1./s1. The maximum atomic E-state index is 3.45. The molecule has 1 fully saturated rings. The molecule has 0 unspecified atom stereocenters. The first-order valence-electron chi connectivity index (χ1n) is 3.35. The fourth-order valence-electron chi connectivity index (χ4n) is 1.47. The van der Waals surface area contributed by atoms with E-state index in [9.17, 15) is 0 Å². The van der Waals surface area contributed by atoms with Gasteiger partial charge in [0.05, 0.1) is 0 Å². The van der Waals surface area contributed by atoms with Crippen molar-refractivity contribution in [1.29, 1.82) is 0 Å².